The summed E-state index contributed by atoms with van der Waals surface area (Å²) in [6.45, 7) is 5.83. The molecule has 2 aliphatic heterocycles. The van der Waals surface area contributed by atoms with Gasteiger partial charge < -0.3 is 19.9 Å². The number of nitrogen functional groups attached to an aromatic ring is 1. The number of hydrogen-bond acceptors (Lipinski definition) is 8. The lowest BCUT2D eigenvalue weighted by Gasteiger charge is -2.20. The maximum absolute atomic E-state index is 12.5. The number of hydrogen-bond donors (Lipinski definition) is 1. The zero-order chi connectivity index (χ0) is 16.8. The van der Waals surface area contributed by atoms with Crippen molar-refractivity contribution in [2.24, 2.45) is 5.41 Å². The summed E-state index contributed by atoms with van der Waals surface area (Å²) in [6.07, 6.45) is 0.0790. The lowest BCUT2D eigenvalue weighted by atomic mass is 9.78. The summed E-state index contributed by atoms with van der Waals surface area (Å²) in [5.41, 5.74) is 4.00. The first-order valence-corrected chi connectivity index (χ1v) is 8.41. The first-order valence-electron chi connectivity index (χ1n) is 7.53. The van der Waals surface area contributed by atoms with E-state index in [1.54, 1.807) is 12.3 Å². The Morgan fingerprint density at radius 3 is 2.83 bits per heavy atom. The minimum absolute atomic E-state index is 0.0315. The number of rotatable bonds is 4. The Morgan fingerprint density at radius 2 is 2.22 bits per heavy atom. The van der Waals surface area contributed by atoms with Crippen LogP contribution in [0.2, 0.25) is 0 Å². The molecule has 1 spiro atoms. The van der Waals surface area contributed by atoms with Crippen molar-refractivity contribution in [3.8, 4) is 0 Å². The summed E-state index contributed by atoms with van der Waals surface area (Å²) in [7, 11) is 0. The van der Waals surface area contributed by atoms with E-state index < -0.39 is 29.1 Å². The molecule has 0 unspecified atom stereocenters. The van der Waals surface area contributed by atoms with Crippen LogP contribution in [-0.4, -0.2) is 35.7 Å². The second-order valence-electron chi connectivity index (χ2n) is 6.56. The zero-order valence-electron chi connectivity index (χ0n) is 13.3. The van der Waals surface area contributed by atoms with Crippen molar-refractivity contribution in [3.63, 3.8) is 0 Å². The monoisotopic (exact) mass is 340 g/mol. The summed E-state index contributed by atoms with van der Waals surface area (Å²) in [4.78, 5) is 29.0. The van der Waals surface area contributed by atoms with Gasteiger partial charge in [0, 0.05) is 18.2 Å². The molecule has 0 aliphatic carbocycles. The molecule has 0 radical (unpaired) electrons. The number of carbonyl (C=O) groups is 2. The van der Waals surface area contributed by atoms with E-state index in [1.165, 1.54) is 11.3 Å². The number of carbonyl (C=O) groups excluding carboxylic acids is 2. The normalized spacial score (nSPS) is 33.5. The highest BCUT2D eigenvalue weighted by atomic mass is 32.1. The first kappa shape index (κ1) is 16.2. The molecule has 3 atom stereocenters. The number of aromatic nitrogens is 1. The molecule has 0 aromatic carbocycles. The predicted molar refractivity (Wildman–Crippen MR) is 82.6 cm³/mol. The van der Waals surface area contributed by atoms with Crippen LogP contribution in [0.1, 0.15) is 39.3 Å². The van der Waals surface area contributed by atoms with E-state index in [1.807, 2.05) is 13.8 Å². The molecule has 0 amide bonds. The summed E-state index contributed by atoms with van der Waals surface area (Å²) in [5, 5.41) is 2.15. The van der Waals surface area contributed by atoms with Gasteiger partial charge in [-0.15, -0.1) is 11.3 Å². The minimum atomic E-state index is -1.27. The second kappa shape index (κ2) is 5.45. The predicted octanol–water partition coefficient (Wildman–Crippen LogP) is 1.61. The zero-order valence-corrected chi connectivity index (χ0v) is 14.1. The third-order valence-electron chi connectivity index (χ3n) is 4.27. The Bertz CT molecular complexity index is 646. The van der Waals surface area contributed by atoms with E-state index >= 15 is 0 Å². The molecule has 1 aromatic heterocycles. The van der Waals surface area contributed by atoms with Gasteiger partial charge in [-0.3, -0.25) is 9.59 Å². The molecule has 3 rings (SSSR count). The number of ether oxygens (including phenoxy) is 3. The molecular formula is C15H20N2O5S. The fourth-order valence-electron chi connectivity index (χ4n) is 3.14. The van der Waals surface area contributed by atoms with Gasteiger partial charge in [-0.05, 0) is 20.8 Å². The maximum atomic E-state index is 12.5. The largest absolute Gasteiger partial charge is 0.459 e. The van der Waals surface area contributed by atoms with Crippen LogP contribution in [0.3, 0.4) is 0 Å². The molecular weight excluding hydrogens is 320 g/mol. The van der Waals surface area contributed by atoms with Crippen molar-refractivity contribution in [1.29, 1.82) is 0 Å². The Morgan fingerprint density at radius 1 is 1.48 bits per heavy atom. The number of cyclic esters (lactones) is 2. The van der Waals surface area contributed by atoms with E-state index in [9.17, 15) is 9.59 Å². The molecule has 2 saturated heterocycles. The van der Waals surface area contributed by atoms with Crippen molar-refractivity contribution in [1.82, 2.24) is 4.98 Å². The third-order valence-corrected chi connectivity index (χ3v) is 4.94. The Hall–Kier alpha value is -1.67. The van der Waals surface area contributed by atoms with Crippen LogP contribution in [0.15, 0.2) is 5.38 Å². The lowest BCUT2D eigenvalue weighted by molar-refractivity contribution is -0.160. The number of nitrogens with zero attached hydrogens (tertiary/aromatic N) is 1. The maximum Gasteiger partial charge on any atom is 0.324 e. The van der Waals surface area contributed by atoms with Crippen molar-refractivity contribution in [3.05, 3.63) is 11.1 Å². The summed E-state index contributed by atoms with van der Waals surface area (Å²) in [6, 6.07) is 0. The highest BCUT2D eigenvalue weighted by Crippen LogP contribution is 2.52. The van der Waals surface area contributed by atoms with Gasteiger partial charge in [0.1, 0.15) is 6.10 Å². The summed E-state index contributed by atoms with van der Waals surface area (Å²) >= 11 is 1.27. The van der Waals surface area contributed by atoms with E-state index in [0.717, 1.165) is 0 Å². The molecule has 8 heteroatoms. The fraction of sp³-hybridized carbons (Fsp3) is 0.667. The van der Waals surface area contributed by atoms with E-state index in [4.69, 9.17) is 19.9 Å². The van der Waals surface area contributed by atoms with Crippen LogP contribution in [0.5, 0.6) is 0 Å². The van der Waals surface area contributed by atoms with Gasteiger partial charge in [0.05, 0.1) is 18.4 Å². The van der Waals surface area contributed by atoms with E-state index in [0.29, 0.717) is 10.8 Å². The third kappa shape index (κ3) is 2.70. The SMILES string of the molecule is CC(C)OC[C@@H]1C[C@@]2(C[C@](C)(c3csc(N)n3)OC2=O)C(=O)O1. The number of nitrogens with two attached hydrogens (primary N) is 1. The van der Waals surface area contributed by atoms with Crippen LogP contribution in [0.25, 0.3) is 0 Å². The smallest absolute Gasteiger partial charge is 0.324 e. The molecule has 0 bridgehead atoms. The average molecular weight is 340 g/mol. The standard InChI is InChI=1S/C15H20N2O5S/c1-8(2)20-5-9-4-15(11(18)21-9)7-14(3,22-12(15)19)10-6-23-13(16)17-10/h6,8-9H,4-5,7H2,1-3H3,(H2,16,17)/t9-,14+,15+/m0/s1. The van der Waals surface area contributed by atoms with Gasteiger partial charge in [-0.25, -0.2) is 4.98 Å². The molecule has 2 aliphatic rings. The molecule has 0 saturated carbocycles. The summed E-state index contributed by atoms with van der Waals surface area (Å²) in [5.74, 6) is -1.09. The first-order chi connectivity index (χ1) is 10.7. The van der Waals surface area contributed by atoms with Crippen LogP contribution in [0, 0.1) is 5.41 Å². The molecule has 3 heterocycles. The van der Waals surface area contributed by atoms with Crippen molar-refractivity contribution >= 4 is 28.4 Å². The van der Waals surface area contributed by atoms with Crippen LogP contribution in [-0.2, 0) is 29.4 Å². The summed E-state index contributed by atoms with van der Waals surface area (Å²) < 4.78 is 16.4. The van der Waals surface area contributed by atoms with Gasteiger partial charge in [0.25, 0.3) is 0 Å². The molecule has 1 aromatic rings. The van der Waals surface area contributed by atoms with Gasteiger partial charge >= 0.3 is 11.9 Å². The molecule has 7 nitrogen and oxygen atoms in total. The minimum Gasteiger partial charge on any atom is -0.459 e. The average Bonchev–Trinajstić information content (AvgIpc) is 3.09. The van der Waals surface area contributed by atoms with Gasteiger partial charge in [0.15, 0.2) is 16.1 Å². The van der Waals surface area contributed by atoms with E-state index in [-0.39, 0.29) is 25.6 Å². The highest BCUT2D eigenvalue weighted by molar-refractivity contribution is 7.13. The number of anilines is 1. The molecule has 23 heavy (non-hydrogen) atoms. The topological polar surface area (TPSA) is 101 Å². The Labute approximate surface area is 138 Å². The van der Waals surface area contributed by atoms with Crippen LogP contribution >= 0.6 is 11.3 Å². The van der Waals surface area contributed by atoms with Crippen LogP contribution in [0.4, 0.5) is 5.13 Å². The number of thiazole rings is 1. The van der Waals surface area contributed by atoms with Crippen molar-refractivity contribution < 1.29 is 23.8 Å². The van der Waals surface area contributed by atoms with E-state index in [2.05, 4.69) is 4.98 Å². The van der Waals surface area contributed by atoms with Gasteiger partial charge in [-0.1, -0.05) is 0 Å². The molecule has 2 fully saturated rings. The Balaban J connectivity index is 1.80. The highest BCUT2D eigenvalue weighted by Gasteiger charge is 2.65. The quantitative estimate of drug-likeness (QED) is 0.656. The number of esters is 2. The van der Waals surface area contributed by atoms with Crippen molar-refractivity contribution in [2.75, 3.05) is 12.3 Å². The Kier molecular flexibility index (Phi) is 3.84. The van der Waals surface area contributed by atoms with Gasteiger partial charge in [0.2, 0.25) is 0 Å². The fourth-order valence-corrected chi connectivity index (χ4v) is 3.83. The van der Waals surface area contributed by atoms with Gasteiger partial charge in [-0.2, -0.15) is 0 Å². The lowest BCUT2D eigenvalue weighted by Crippen LogP contribution is -2.32. The molecule has 126 valence electrons. The van der Waals surface area contributed by atoms with Crippen LogP contribution < -0.4 is 5.73 Å². The molecule has 2 N–H and O–H groups in total. The van der Waals surface area contributed by atoms with Crippen molar-refractivity contribution in [2.45, 2.75) is 51.4 Å². The second-order valence-corrected chi connectivity index (χ2v) is 7.45.